The molecule has 1 aromatic heterocycles. The van der Waals surface area contributed by atoms with Crippen LogP contribution in [-0.2, 0) is 17.8 Å². The third-order valence-electron chi connectivity index (χ3n) is 3.23. The lowest BCUT2D eigenvalue weighted by Gasteiger charge is -2.08. The maximum absolute atomic E-state index is 10.7. The van der Waals surface area contributed by atoms with E-state index in [1.54, 1.807) is 0 Å². The van der Waals surface area contributed by atoms with Gasteiger partial charge in [-0.05, 0) is 29.9 Å². The Morgan fingerprint density at radius 3 is 2.89 bits per heavy atom. The van der Waals surface area contributed by atoms with Crippen LogP contribution < -0.4 is 0 Å². The van der Waals surface area contributed by atoms with Crippen LogP contribution >= 0.6 is 0 Å². The number of hydrogen-bond donors (Lipinski definition) is 1. The highest BCUT2D eigenvalue weighted by molar-refractivity contribution is 5.83. The van der Waals surface area contributed by atoms with Gasteiger partial charge in [-0.2, -0.15) is 0 Å². The molecule has 0 saturated carbocycles. The average molecular weight is 245 g/mol. The molecule has 1 N–H and O–H groups in total. The number of nitrogens with zero attached hydrogens (tertiary/aromatic N) is 1. The molecule has 2 rings (SSSR count). The van der Waals surface area contributed by atoms with Crippen molar-refractivity contribution in [2.24, 2.45) is 0 Å². The topological polar surface area (TPSA) is 42.2 Å². The van der Waals surface area contributed by atoms with Crippen molar-refractivity contribution in [1.29, 1.82) is 0 Å². The molecule has 0 atom stereocenters. The smallest absolute Gasteiger partial charge is 0.303 e. The Morgan fingerprint density at radius 2 is 2.17 bits per heavy atom. The minimum Gasteiger partial charge on any atom is -0.481 e. The second-order valence-electron chi connectivity index (χ2n) is 4.61. The molecule has 0 bridgehead atoms. The summed E-state index contributed by atoms with van der Waals surface area (Å²) >= 11 is 0. The van der Waals surface area contributed by atoms with Crippen LogP contribution in [0, 0.1) is 0 Å². The molecule has 0 aliphatic heterocycles. The summed E-state index contributed by atoms with van der Waals surface area (Å²) in [5.74, 6) is -0.737. The number of carboxylic acids is 1. The monoisotopic (exact) mass is 245 g/mol. The number of carbonyl (C=O) groups is 1. The van der Waals surface area contributed by atoms with Crippen molar-refractivity contribution in [1.82, 2.24) is 4.57 Å². The molecule has 2 aromatic rings. The summed E-state index contributed by atoms with van der Waals surface area (Å²) < 4.78 is 2.25. The van der Waals surface area contributed by atoms with Crippen molar-refractivity contribution < 1.29 is 9.90 Å². The lowest BCUT2D eigenvalue weighted by Crippen LogP contribution is -2.01. The first-order valence-electron chi connectivity index (χ1n) is 6.51. The van der Waals surface area contributed by atoms with Crippen LogP contribution in [0.3, 0.4) is 0 Å². The molecule has 96 valence electrons. The fourth-order valence-corrected chi connectivity index (χ4v) is 2.30. The number of rotatable bonds is 6. The van der Waals surface area contributed by atoms with Crippen LogP contribution in [0.2, 0.25) is 0 Å². The molecule has 3 nitrogen and oxygen atoms in total. The second-order valence-corrected chi connectivity index (χ2v) is 4.61. The first kappa shape index (κ1) is 12.7. The summed E-state index contributed by atoms with van der Waals surface area (Å²) in [7, 11) is 0. The Morgan fingerprint density at radius 1 is 1.33 bits per heavy atom. The standard InChI is InChI=1S/C15H19NO2/c1-2-3-10-16-11-9-13-6-4-5-12(15(13)16)7-8-14(17)18/h4-6,9,11H,2-3,7-8,10H2,1H3,(H,17,18). The molecule has 0 unspecified atom stereocenters. The Hall–Kier alpha value is -1.77. The lowest BCUT2D eigenvalue weighted by atomic mass is 10.1. The molecule has 0 saturated heterocycles. The van der Waals surface area contributed by atoms with Crippen molar-refractivity contribution in [3.63, 3.8) is 0 Å². The number of aromatic nitrogens is 1. The van der Waals surface area contributed by atoms with Gasteiger partial charge >= 0.3 is 5.97 Å². The molecule has 1 aromatic carbocycles. The van der Waals surface area contributed by atoms with Crippen LogP contribution in [0.1, 0.15) is 31.7 Å². The van der Waals surface area contributed by atoms with E-state index >= 15 is 0 Å². The van der Waals surface area contributed by atoms with Gasteiger partial charge in [0, 0.05) is 19.2 Å². The van der Waals surface area contributed by atoms with Gasteiger partial charge < -0.3 is 9.67 Å². The summed E-state index contributed by atoms with van der Waals surface area (Å²) in [6.07, 6.45) is 5.21. The minimum absolute atomic E-state index is 0.193. The number of benzene rings is 1. The summed E-state index contributed by atoms with van der Waals surface area (Å²) in [6.45, 7) is 3.18. The number of carboxylic acid groups (broad SMARTS) is 1. The van der Waals surface area contributed by atoms with Gasteiger partial charge in [-0.15, -0.1) is 0 Å². The van der Waals surface area contributed by atoms with E-state index in [0.29, 0.717) is 6.42 Å². The van der Waals surface area contributed by atoms with E-state index in [4.69, 9.17) is 5.11 Å². The Labute approximate surface area is 107 Å². The highest BCUT2D eigenvalue weighted by atomic mass is 16.4. The van der Waals surface area contributed by atoms with Crippen LogP contribution in [0.25, 0.3) is 10.9 Å². The normalized spacial score (nSPS) is 10.9. The molecule has 0 aliphatic rings. The van der Waals surface area contributed by atoms with E-state index in [1.807, 2.05) is 12.1 Å². The molecule has 0 aliphatic carbocycles. The number of para-hydroxylation sites is 1. The fourth-order valence-electron chi connectivity index (χ4n) is 2.30. The summed E-state index contributed by atoms with van der Waals surface area (Å²) in [5, 5.41) is 10.0. The third kappa shape index (κ3) is 2.73. The predicted molar refractivity (Wildman–Crippen MR) is 72.8 cm³/mol. The number of aryl methyl sites for hydroxylation is 2. The van der Waals surface area contributed by atoms with Crippen molar-refractivity contribution in [2.75, 3.05) is 0 Å². The largest absolute Gasteiger partial charge is 0.481 e. The fraction of sp³-hybridized carbons (Fsp3) is 0.400. The minimum atomic E-state index is -0.737. The molecule has 1 heterocycles. The highest BCUT2D eigenvalue weighted by Gasteiger charge is 2.07. The van der Waals surface area contributed by atoms with E-state index in [0.717, 1.165) is 24.9 Å². The third-order valence-corrected chi connectivity index (χ3v) is 3.23. The zero-order valence-corrected chi connectivity index (χ0v) is 10.7. The van der Waals surface area contributed by atoms with Gasteiger partial charge in [0.25, 0.3) is 0 Å². The van der Waals surface area contributed by atoms with Gasteiger partial charge in [-0.3, -0.25) is 4.79 Å². The first-order chi connectivity index (χ1) is 8.72. The van der Waals surface area contributed by atoms with Gasteiger partial charge in [0.2, 0.25) is 0 Å². The van der Waals surface area contributed by atoms with Crippen LogP contribution in [0.4, 0.5) is 0 Å². The summed E-state index contributed by atoms with van der Waals surface area (Å²) in [4.78, 5) is 10.7. The quantitative estimate of drug-likeness (QED) is 0.846. The maximum Gasteiger partial charge on any atom is 0.303 e. The molecule has 0 amide bonds. The van der Waals surface area contributed by atoms with Gasteiger partial charge in [0.15, 0.2) is 0 Å². The first-order valence-corrected chi connectivity index (χ1v) is 6.51. The van der Waals surface area contributed by atoms with E-state index in [-0.39, 0.29) is 6.42 Å². The number of fused-ring (bicyclic) bond motifs is 1. The zero-order valence-electron chi connectivity index (χ0n) is 10.7. The number of aliphatic carboxylic acids is 1. The van der Waals surface area contributed by atoms with Crippen LogP contribution in [-0.4, -0.2) is 15.6 Å². The van der Waals surface area contributed by atoms with E-state index in [2.05, 4.69) is 29.8 Å². The lowest BCUT2D eigenvalue weighted by molar-refractivity contribution is -0.136. The van der Waals surface area contributed by atoms with Gasteiger partial charge in [-0.25, -0.2) is 0 Å². The van der Waals surface area contributed by atoms with E-state index in [1.165, 1.54) is 10.9 Å². The molecule has 0 spiro atoms. The predicted octanol–water partition coefficient (Wildman–Crippen LogP) is 3.46. The van der Waals surface area contributed by atoms with Crippen molar-refractivity contribution in [3.05, 3.63) is 36.0 Å². The zero-order chi connectivity index (χ0) is 13.0. The molecule has 0 radical (unpaired) electrons. The number of unbranched alkanes of at least 4 members (excludes halogenated alkanes) is 1. The average Bonchev–Trinajstić information content (AvgIpc) is 2.77. The number of hydrogen-bond acceptors (Lipinski definition) is 1. The maximum atomic E-state index is 10.7. The van der Waals surface area contributed by atoms with Crippen molar-refractivity contribution in [2.45, 2.75) is 39.2 Å². The Bertz CT molecular complexity index is 542. The van der Waals surface area contributed by atoms with Gasteiger partial charge in [0.1, 0.15) is 0 Å². The molecular weight excluding hydrogens is 226 g/mol. The highest BCUT2D eigenvalue weighted by Crippen LogP contribution is 2.22. The van der Waals surface area contributed by atoms with Crippen LogP contribution in [0.5, 0.6) is 0 Å². The molecular formula is C15H19NO2. The Balaban J connectivity index is 2.32. The molecule has 18 heavy (non-hydrogen) atoms. The van der Waals surface area contributed by atoms with Crippen LogP contribution in [0.15, 0.2) is 30.5 Å². The molecule has 3 heteroatoms. The molecule has 0 fully saturated rings. The summed E-state index contributed by atoms with van der Waals surface area (Å²) in [6, 6.07) is 8.23. The second kappa shape index (κ2) is 5.71. The summed E-state index contributed by atoms with van der Waals surface area (Å²) in [5.41, 5.74) is 2.34. The van der Waals surface area contributed by atoms with Crippen molar-refractivity contribution >= 4 is 16.9 Å². The van der Waals surface area contributed by atoms with Gasteiger partial charge in [0.05, 0.1) is 5.52 Å². The van der Waals surface area contributed by atoms with E-state index in [9.17, 15) is 4.79 Å². The van der Waals surface area contributed by atoms with Gasteiger partial charge in [-0.1, -0.05) is 31.5 Å². The van der Waals surface area contributed by atoms with E-state index < -0.39 is 5.97 Å². The Kier molecular flexibility index (Phi) is 4.03. The van der Waals surface area contributed by atoms with Crippen molar-refractivity contribution in [3.8, 4) is 0 Å². The SMILES string of the molecule is CCCCn1ccc2cccc(CCC(=O)O)c21.